The Morgan fingerprint density at radius 2 is 1.73 bits per heavy atom. The van der Waals surface area contributed by atoms with E-state index in [4.69, 9.17) is 0 Å². The van der Waals surface area contributed by atoms with Gasteiger partial charge >= 0.3 is 147 Å². The summed E-state index contributed by atoms with van der Waals surface area (Å²) in [6.07, 6.45) is 3.50. The number of hydrogen-bond acceptors (Lipinski definition) is 0. The third kappa shape index (κ3) is 2.23. The minimum atomic E-state index is 0.603. The SMILES string of the molecule is CCc1cc(C2=Cc3ccccc3[CH]2[Hf])c2ccccc2c1. The van der Waals surface area contributed by atoms with Crippen LogP contribution in [0.15, 0.2) is 60.7 Å². The number of benzene rings is 3. The number of fused-ring (bicyclic) bond motifs is 2. The van der Waals surface area contributed by atoms with Crippen molar-refractivity contribution in [3.8, 4) is 0 Å². The Hall–Kier alpha value is -1.47. The van der Waals surface area contributed by atoms with E-state index >= 15 is 0 Å². The summed E-state index contributed by atoms with van der Waals surface area (Å²) in [5, 5.41) is 2.75. The van der Waals surface area contributed by atoms with Crippen molar-refractivity contribution in [3.05, 3.63) is 82.9 Å². The summed E-state index contributed by atoms with van der Waals surface area (Å²) in [6.45, 7) is 2.24. The van der Waals surface area contributed by atoms with Gasteiger partial charge in [-0.3, -0.25) is 0 Å². The Morgan fingerprint density at radius 3 is 2.55 bits per heavy atom. The Morgan fingerprint density at radius 1 is 0.955 bits per heavy atom. The Bertz CT molecular complexity index is 889. The molecule has 0 saturated carbocycles. The molecule has 0 aliphatic heterocycles. The van der Waals surface area contributed by atoms with E-state index in [1.807, 2.05) is 0 Å². The summed E-state index contributed by atoms with van der Waals surface area (Å²) >= 11 is 1.15. The molecule has 1 atom stereocenters. The van der Waals surface area contributed by atoms with E-state index in [1.54, 1.807) is 0 Å². The number of aryl methyl sites for hydroxylation is 1. The van der Waals surface area contributed by atoms with E-state index in [0.717, 1.165) is 30.8 Å². The Kier molecular flexibility index (Phi) is 3.62. The zero-order valence-corrected chi connectivity index (χ0v) is 16.2. The summed E-state index contributed by atoms with van der Waals surface area (Å²) < 4.78 is 0.603. The van der Waals surface area contributed by atoms with Gasteiger partial charge in [0.05, 0.1) is 0 Å². The van der Waals surface area contributed by atoms with Crippen molar-refractivity contribution in [2.45, 2.75) is 17.0 Å². The zero-order chi connectivity index (χ0) is 15.1. The van der Waals surface area contributed by atoms with Crippen molar-refractivity contribution in [3.63, 3.8) is 0 Å². The van der Waals surface area contributed by atoms with Crippen molar-refractivity contribution in [2.24, 2.45) is 0 Å². The monoisotopic (exact) mass is 449 g/mol. The molecular formula is C21H17Hf. The predicted octanol–water partition coefficient (Wildman–Crippen LogP) is 5.54. The van der Waals surface area contributed by atoms with Gasteiger partial charge in [0.15, 0.2) is 0 Å². The second-order valence-corrected chi connectivity index (χ2v) is 7.95. The molecule has 0 aromatic heterocycles. The van der Waals surface area contributed by atoms with Crippen molar-refractivity contribution in [2.75, 3.05) is 0 Å². The molecule has 0 fully saturated rings. The second kappa shape index (κ2) is 5.62. The first-order chi connectivity index (χ1) is 10.8. The molecule has 1 aliphatic carbocycles. The van der Waals surface area contributed by atoms with Crippen LogP contribution in [0.5, 0.6) is 0 Å². The molecule has 3 aromatic carbocycles. The fourth-order valence-electron chi connectivity index (χ4n) is 3.37. The van der Waals surface area contributed by atoms with Crippen LogP contribution in [-0.4, -0.2) is 0 Å². The van der Waals surface area contributed by atoms with E-state index in [1.165, 1.54) is 38.6 Å². The van der Waals surface area contributed by atoms with E-state index in [0.29, 0.717) is 3.67 Å². The average Bonchev–Trinajstić information content (AvgIpc) is 2.91. The van der Waals surface area contributed by atoms with Crippen LogP contribution in [-0.2, 0) is 30.8 Å². The first-order valence-corrected chi connectivity index (χ1v) is 9.89. The number of hydrogen-bond donors (Lipinski definition) is 0. The molecule has 0 radical (unpaired) electrons. The molecule has 0 saturated heterocycles. The van der Waals surface area contributed by atoms with Gasteiger partial charge in [-0.25, -0.2) is 0 Å². The van der Waals surface area contributed by atoms with Crippen molar-refractivity contribution < 1.29 is 24.4 Å². The normalized spacial score (nSPS) is 16.5. The van der Waals surface area contributed by atoms with E-state index in [2.05, 4.69) is 73.7 Å². The molecule has 4 rings (SSSR count). The van der Waals surface area contributed by atoms with Gasteiger partial charge in [0.2, 0.25) is 0 Å². The van der Waals surface area contributed by atoms with Gasteiger partial charge in [-0.1, -0.05) is 0 Å². The van der Waals surface area contributed by atoms with E-state index < -0.39 is 0 Å². The van der Waals surface area contributed by atoms with Crippen molar-refractivity contribution in [1.82, 2.24) is 0 Å². The third-order valence-corrected chi connectivity index (χ3v) is 6.80. The van der Waals surface area contributed by atoms with Crippen LogP contribution in [0.3, 0.4) is 0 Å². The predicted molar refractivity (Wildman–Crippen MR) is 90.4 cm³/mol. The van der Waals surface area contributed by atoms with Gasteiger partial charge in [-0.2, -0.15) is 0 Å². The van der Waals surface area contributed by atoms with Gasteiger partial charge in [-0.05, 0) is 0 Å². The topological polar surface area (TPSA) is 0 Å². The molecule has 0 heterocycles. The van der Waals surface area contributed by atoms with E-state index in [9.17, 15) is 0 Å². The van der Waals surface area contributed by atoms with Crippen LogP contribution in [0.25, 0.3) is 22.4 Å². The average molecular weight is 448 g/mol. The standard InChI is InChI=1S/C21H17.Hf/c1-2-15-11-18-9-5-6-10-20(18)21(12-15)19-13-16-7-3-4-8-17(16)14-19;/h3-14H,2H2,1H3;. The fraction of sp³-hybridized carbons (Fsp3) is 0.143. The first-order valence-electron chi connectivity index (χ1n) is 7.81. The van der Waals surface area contributed by atoms with Crippen LogP contribution in [0.4, 0.5) is 0 Å². The van der Waals surface area contributed by atoms with Crippen molar-refractivity contribution >= 4 is 22.4 Å². The van der Waals surface area contributed by atoms with Crippen LogP contribution in [0, 0.1) is 0 Å². The third-order valence-electron chi connectivity index (χ3n) is 4.57. The number of rotatable bonds is 2. The first kappa shape index (κ1) is 14.1. The Balaban J connectivity index is 1.96. The van der Waals surface area contributed by atoms with Crippen molar-refractivity contribution in [1.29, 1.82) is 0 Å². The molecule has 1 aliphatic rings. The molecular weight excluding hydrogens is 431 g/mol. The fourth-order valence-corrected chi connectivity index (χ4v) is 5.18. The molecule has 0 N–H and O–H groups in total. The maximum absolute atomic E-state index is 2.41. The summed E-state index contributed by atoms with van der Waals surface area (Å²) in [5.74, 6) is 0. The Labute approximate surface area is 146 Å². The van der Waals surface area contributed by atoms with Gasteiger partial charge in [-0.15, -0.1) is 0 Å². The molecule has 0 amide bonds. The van der Waals surface area contributed by atoms with Crippen LogP contribution in [0.2, 0.25) is 0 Å². The molecule has 22 heavy (non-hydrogen) atoms. The summed E-state index contributed by atoms with van der Waals surface area (Å²) in [4.78, 5) is 0. The second-order valence-electron chi connectivity index (χ2n) is 5.88. The maximum atomic E-state index is 2.41. The molecule has 0 nitrogen and oxygen atoms in total. The summed E-state index contributed by atoms with van der Waals surface area (Å²) in [6, 6.07) is 22.4. The molecule has 3 aromatic rings. The van der Waals surface area contributed by atoms with Gasteiger partial charge < -0.3 is 0 Å². The van der Waals surface area contributed by atoms with Gasteiger partial charge in [0, 0.05) is 0 Å². The molecule has 0 bridgehead atoms. The zero-order valence-electron chi connectivity index (χ0n) is 12.6. The molecule has 105 valence electrons. The molecule has 0 spiro atoms. The minimum absolute atomic E-state index is 0.603. The van der Waals surface area contributed by atoms with E-state index in [-0.39, 0.29) is 0 Å². The summed E-state index contributed by atoms with van der Waals surface area (Å²) in [7, 11) is 0. The summed E-state index contributed by atoms with van der Waals surface area (Å²) in [5.41, 5.74) is 7.29. The number of allylic oxidation sites excluding steroid dienone is 1. The van der Waals surface area contributed by atoms with Crippen LogP contribution in [0.1, 0.15) is 32.9 Å². The molecule has 1 heteroatoms. The van der Waals surface area contributed by atoms with Gasteiger partial charge in [0.25, 0.3) is 0 Å². The molecule has 1 unspecified atom stereocenters. The van der Waals surface area contributed by atoms with Crippen LogP contribution < -0.4 is 0 Å². The van der Waals surface area contributed by atoms with Gasteiger partial charge in [0.1, 0.15) is 0 Å². The quantitative estimate of drug-likeness (QED) is 0.452. The van der Waals surface area contributed by atoms with Crippen LogP contribution >= 0.6 is 0 Å².